The van der Waals surface area contributed by atoms with Gasteiger partial charge in [-0.2, -0.15) is 9.37 Å². The summed E-state index contributed by atoms with van der Waals surface area (Å²) in [7, 11) is 1.08. The second-order valence-electron chi connectivity index (χ2n) is 4.52. The number of carbonyl (C=O) groups is 1. The van der Waals surface area contributed by atoms with Crippen LogP contribution in [0.15, 0.2) is 6.07 Å². The molecule has 0 fully saturated rings. The van der Waals surface area contributed by atoms with E-state index in [9.17, 15) is 13.6 Å². The van der Waals surface area contributed by atoms with Crippen LogP contribution in [0, 0.1) is 11.8 Å². The molecule has 0 aliphatic carbocycles. The number of ether oxygens (including phenoxy) is 1. The smallest absolute Gasteiger partial charge is 0.342 e. The number of nitrogens with one attached hydrogen (secondary N) is 1. The van der Waals surface area contributed by atoms with Crippen molar-refractivity contribution in [2.45, 2.75) is 26.3 Å². The van der Waals surface area contributed by atoms with Gasteiger partial charge in [0.25, 0.3) is 0 Å². The van der Waals surface area contributed by atoms with E-state index >= 15 is 0 Å². The van der Waals surface area contributed by atoms with Crippen LogP contribution in [-0.2, 0) is 4.74 Å². The molecule has 0 amide bonds. The maximum atomic E-state index is 13.6. The molecule has 0 unspecified atom stereocenters. The van der Waals surface area contributed by atoms with Crippen LogP contribution < -0.4 is 5.32 Å². The average molecular weight is 244 g/mol. The minimum absolute atomic E-state index is 0.234. The SMILES string of the molecule is COC(=O)c1cc(F)c(NC(C)(C)C)nc1F. The van der Waals surface area contributed by atoms with Gasteiger partial charge in [0, 0.05) is 5.54 Å². The van der Waals surface area contributed by atoms with E-state index in [1.165, 1.54) is 0 Å². The topological polar surface area (TPSA) is 51.2 Å². The van der Waals surface area contributed by atoms with Crippen molar-refractivity contribution in [2.24, 2.45) is 0 Å². The molecule has 0 aliphatic heterocycles. The number of hydrogen-bond acceptors (Lipinski definition) is 4. The van der Waals surface area contributed by atoms with Crippen LogP contribution in [0.3, 0.4) is 0 Å². The number of methoxy groups -OCH3 is 1. The lowest BCUT2D eigenvalue weighted by Crippen LogP contribution is -2.28. The van der Waals surface area contributed by atoms with Gasteiger partial charge in [-0.05, 0) is 26.8 Å². The van der Waals surface area contributed by atoms with E-state index in [0.717, 1.165) is 13.2 Å². The lowest BCUT2D eigenvalue weighted by molar-refractivity contribution is 0.0593. The number of aromatic nitrogens is 1. The first-order valence-corrected chi connectivity index (χ1v) is 4.97. The van der Waals surface area contributed by atoms with E-state index in [1.54, 1.807) is 20.8 Å². The van der Waals surface area contributed by atoms with E-state index < -0.39 is 28.8 Å². The van der Waals surface area contributed by atoms with Gasteiger partial charge in [0.2, 0.25) is 5.95 Å². The number of halogens is 2. The van der Waals surface area contributed by atoms with Crippen molar-refractivity contribution in [3.05, 3.63) is 23.4 Å². The van der Waals surface area contributed by atoms with Crippen LogP contribution in [0.1, 0.15) is 31.1 Å². The van der Waals surface area contributed by atoms with Crippen LogP contribution in [0.2, 0.25) is 0 Å². The molecule has 4 nitrogen and oxygen atoms in total. The van der Waals surface area contributed by atoms with Crippen LogP contribution in [0.5, 0.6) is 0 Å². The van der Waals surface area contributed by atoms with Gasteiger partial charge < -0.3 is 10.1 Å². The summed E-state index contributed by atoms with van der Waals surface area (Å²) in [6.45, 7) is 5.33. The molecule has 1 N–H and O–H groups in total. The normalized spacial score (nSPS) is 11.2. The Labute approximate surface area is 98.0 Å². The van der Waals surface area contributed by atoms with Gasteiger partial charge in [0.1, 0.15) is 5.56 Å². The Morgan fingerprint density at radius 3 is 2.47 bits per heavy atom. The molecule has 0 bridgehead atoms. The number of anilines is 1. The molecule has 1 aromatic heterocycles. The molecule has 1 heterocycles. The third kappa shape index (κ3) is 3.37. The molecular weight excluding hydrogens is 230 g/mol. The number of pyridine rings is 1. The zero-order valence-corrected chi connectivity index (χ0v) is 10.1. The van der Waals surface area contributed by atoms with E-state index in [2.05, 4.69) is 15.0 Å². The minimum atomic E-state index is -1.06. The molecule has 0 aliphatic rings. The van der Waals surface area contributed by atoms with Gasteiger partial charge in [-0.25, -0.2) is 9.18 Å². The van der Waals surface area contributed by atoms with Crippen molar-refractivity contribution >= 4 is 11.8 Å². The molecule has 94 valence electrons. The Morgan fingerprint density at radius 1 is 1.41 bits per heavy atom. The lowest BCUT2D eigenvalue weighted by atomic mass is 10.1. The molecule has 0 aromatic carbocycles. The summed E-state index contributed by atoms with van der Waals surface area (Å²) in [5.41, 5.74) is -0.989. The molecule has 6 heteroatoms. The predicted molar refractivity (Wildman–Crippen MR) is 58.9 cm³/mol. The number of hydrogen-bond donors (Lipinski definition) is 1. The van der Waals surface area contributed by atoms with E-state index in [1.807, 2.05) is 0 Å². The van der Waals surface area contributed by atoms with E-state index in [0.29, 0.717) is 0 Å². The highest BCUT2D eigenvalue weighted by Gasteiger charge is 2.20. The standard InChI is InChI=1S/C11H14F2N2O2/c1-11(2,3)15-9-7(12)5-6(8(13)14-9)10(16)17-4/h5H,1-4H3,(H,14,15). The van der Waals surface area contributed by atoms with Gasteiger partial charge in [0.15, 0.2) is 11.6 Å². The monoisotopic (exact) mass is 244 g/mol. The maximum absolute atomic E-state index is 13.6. The minimum Gasteiger partial charge on any atom is -0.465 e. The van der Waals surface area contributed by atoms with Crippen molar-refractivity contribution in [2.75, 3.05) is 12.4 Å². The molecule has 0 radical (unpaired) electrons. The van der Waals surface area contributed by atoms with Gasteiger partial charge in [-0.3, -0.25) is 0 Å². The van der Waals surface area contributed by atoms with Gasteiger partial charge >= 0.3 is 5.97 Å². The first kappa shape index (κ1) is 13.3. The lowest BCUT2D eigenvalue weighted by Gasteiger charge is -2.21. The summed E-state index contributed by atoms with van der Waals surface area (Å²) >= 11 is 0. The number of nitrogens with zero attached hydrogens (tertiary/aromatic N) is 1. The highest BCUT2D eigenvalue weighted by molar-refractivity contribution is 5.89. The summed E-state index contributed by atoms with van der Waals surface area (Å²) in [6.07, 6.45) is 0. The summed E-state index contributed by atoms with van der Waals surface area (Å²) < 4.78 is 31.3. The third-order valence-corrected chi connectivity index (χ3v) is 1.83. The van der Waals surface area contributed by atoms with E-state index in [-0.39, 0.29) is 5.82 Å². The molecule has 1 rings (SSSR count). The molecule has 17 heavy (non-hydrogen) atoms. The van der Waals surface area contributed by atoms with Crippen molar-refractivity contribution in [1.29, 1.82) is 0 Å². The third-order valence-electron chi connectivity index (χ3n) is 1.83. The average Bonchev–Trinajstić information content (AvgIpc) is 2.20. The van der Waals surface area contributed by atoms with Crippen molar-refractivity contribution in [1.82, 2.24) is 4.98 Å². The Bertz CT molecular complexity index is 442. The summed E-state index contributed by atoms with van der Waals surface area (Å²) in [6, 6.07) is 0.766. The zero-order valence-electron chi connectivity index (χ0n) is 10.1. The van der Waals surface area contributed by atoms with Crippen LogP contribution in [0.4, 0.5) is 14.6 Å². The number of carbonyl (C=O) groups excluding carboxylic acids is 1. The second-order valence-corrected chi connectivity index (χ2v) is 4.52. The maximum Gasteiger partial charge on any atom is 0.342 e. The van der Waals surface area contributed by atoms with E-state index in [4.69, 9.17) is 0 Å². The Kier molecular flexibility index (Phi) is 3.65. The Balaban J connectivity index is 3.14. The first-order valence-electron chi connectivity index (χ1n) is 4.97. The quantitative estimate of drug-likeness (QED) is 0.641. The fraction of sp³-hybridized carbons (Fsp3) is 0.455. The summed E-state index contributed by atoms with van der Waals surface area (Å²) in [4.78, 5) is 14.5. The first-order chi connectivity index (χ1) is 7.74. The number of esters is 1. The molecule has 0 spiro atoms. The van der Waals surface area contributed by atoms with Crippen LogP contribution in [-0.4, -0.2) is 23.6 Å². The number of rotatable bonds is 2. The van der Waals surface area contributed by atoms with Crippen molar-refractivity contribution < 1.29 is 18.3 Å². The van der Waals surface area contributed by atoms with Gasteiger partial charge in [-0.15, -0.1) is 0 Å². The van der Waals surface area contributed by atoms with Crippen molar-refractivity contribution in [3.8, 4) is 0 Å². The molecule has 0 saturated heterocycles. The highest BCUT2D eigenvalue weighted by Crippen LogP contribution is 2.19. The highest BCUT2D eigenvalue weighted by atomic mass is 19.1. The van der Waals surface area contributed by atoms with Crippen LogP contribution in [0.25, 0.3) is 0 Å². The fourth-order valence-electron chi connectivity index (χ4n) is 1.16. The summed E-state index contributed by atoms with van der Waals surface area (Å²) in [5, 5.41) is 2.70. The molecule has 0 atom stereocenters. The zero-order chi connectivity index (χ0) is 13.2. The van der Waals surface area contributed by atoms with Crippen LogP contribution >= 0.6 is 0 Å². The Hall–Kier alpha value is -1.72. The second kappa shape index (κ2) is 4.65. The fourth-order valence-corrected chi connectivity index (χ4v) is 1.16. The molecule has 0 saturated carbocycles. The molecule has 1 aromatic rings. The predicted octanol–water partition coefficient (Wildman–Crippen LogP) is 2.36. The van der Waals surface area contributed by atoms with Crippen molar-refractivity contribution in [3.63, 3.8) is 0 Å². The van der Waals surface area contributed by atoms with Gasteiger partial charge in [-0.1, -0.05) is 0 Å². The Morgan fingerprint density at radius 2 is 2.00 bits per heavy atom. The summed E-state index contributed by atoms with van der Waals surface area (Å²) in [5.74, 6) is -3.06. The largest absolute Gasteiger partial charge is 0.465 e. The molecular formula is C11H14F2N2O2. The van der Waals surface area contributed by atoms with Gasteiger partial charge in [0.05, 0.1) is 7.11 Å².